The summed E-state index contributed by atoms with van der Waals surface area (Å²) in [5.41, 5.74) is 0.556. The lowest BCUT2D eigenvalue weighted by Gasteiger charge is -2.21. The molecule has 0 bridgehead atoms. The SMILES string of the molecule is CN(Cc1nccn1C(F)F)C(=O)C1CCN(c2ccc(Cl)c(Cl)c2)C1=O. The van der Waals surface area contributed by atoms with E-state index in [0.717, 1.165) is 6.20 Å². The molecule has 0 spiro atoms. The predicted molar refractivity (Wildman–Crippen MR) is 96.9 cm³/mol. The van der Waals surface area contributed by atoms with Crippen LogP contribution in [0.25, 0.3) is 0 Å². The van der Waals surface area contributed by atoms with E-state index >= 15 is 0 Å². The minimum absolute atomic E-state index is 0.0487. The Labute approximate surface area is 164 Å². The normalized spacial score (nSPS) is 17.0. The van der Waals surface area contributed by atoms with Gasteiger partial charge in [0.1, 0.15) is 11.7 Å². The van der Waals surface area contributed by atoms with Crippen LogP contribution in [0.4, 0.5) is 14.5 Å². The van der Waals surface area contributed by atoms with Gasteiger partial charge in [-0.2, -0.15) is 8.78 Å². The summed E-state index contributed by atoms with van der Waals surface area (Å²) >= 11 is 11.9. The highest BCUT2D eigenvalue weighted by Crippen LogP contribution is 2.31. The number of carbonyl (C=O) groups is 2. The van der Waals surface area contributed by atoms with Gasteiger partial charge in [0.25, 0.3) is 0 Å². The maximum absolute atomic E-state index is 12.9. The summed E-state index contributed by atoms with van der Waals surface area (Å²) < 4.78 is 26.5. The molecule has 3 rings (SSSR count). The van der Waals surface area contributed by atoms with Crippen molar-refractivity contribution in [1.29, 1.82) is 0 Å². The van der Waals surface area contributed by atoms with Crippen molar-refractivity contribution >= 4 is 40.7 Å². The first-order valence-electron chi connectivity index (χ1n) is 8.11. The van der Waals surface area contributed by atoms with E-state index < -0.39 is 18.4 Å². The Morgan fingerprint density at radius 1 is 1.37 bits per heavy atom. The Morgan fingerprint density at radius 2 is 2.11 bits per heavy atom. The van der Waals surface area contributed by atoms with Crippen LogP contribution in [0.1, 0.15) is 18.8 Å². The fourth-order valence-corrected chi connectivity index (χ4v) is 3.31. The Bertz CT molecular complexity index is 874. The largest absolute Gasteiger partial charge is 0.338 e. The van der Waals surface area contributed by atoms with Crippen LogP contribution < -0.4 is 4.90 Å². The second-order valence-electron chi connectivity index (χ2n) is 6.15. The molecule has 27 heavy (non-hydrogen) atoms. The van der Waals surface area contributed by atoms with E-state index in [4.69, 9.17) is 23.2 Å². The lowest BCUT2D eigenvalue weighted by Crippen LogP contribution is -2.38. The van der Waals surface area contributed by atoms with Crippen LogP contribution >= 0.6 is 23.2 Å². The highest BCUT2D eigenvalue weighted by molar-refractivity contribution is 6.42. The van der Waals surface area contributed by atoms with Crippen LogP contribution in [0.5, 0.6) is 0 Å². The number of nitrogens with zero attached hydrogens (tertiary/aromatic N) is 4. The first-order valence-corrected chi connectivity index (χ1v) is 8.86. The van der Waals surface area contributed by atoms with Crippen LogP contribution in [0.15, 0.2) is 30.6 Å². The van der Waals surface area contributed by atoms with Gasteiger partial charge in [0.05, 0.1) is 16.6 Å². The van der Waals surface area contributed by atoms with Gasteiger partial charge in [-0.1, -0.05) is 23.2 Å². The molecule has 0 saturated carbocycles. The number of imidazole rings is 1. The monoisotopic (exact) mass is 416 g/mol. The lowest BCUT2D eigenvalue weighted by atomic mass is 10.1. The van der Waals surface area contributed by atoms with Gasteiger partial charge < -0.3 is 9.80 Å². The highest BCUT2D eigenvalue weighted by Gasteiger charge is 2.39. The molecule has 2 heterocycles. The third kappa shape index (κ3) is 3.91. The van der Waals surface area contributed by atoms with Crippen molar-refractivity contribution in [1.82, 2.24) is 14.5 Å². The average molecular weight is 417 g/mol. The van der Waals surface area contributed by atoms with E-state index in [1.165, 1.54) is 23.0 Å². The summed E-state index contributed by atoms with van der Waals surface area (Å²) in [6.07, 6.45) is 2.71. The Kier molecular flexibility index (Phi) is 5.67. The first kappa shape index (κ1) is 19.6. The molecule has 1 aromatic heterocycles. The highest BCUT2D eigenvalue weighted by atomic mass is 35.5. The summed E-state index contributed by atoms with van der Waals surface area (Å²) in [6, 6.07) is 4.80. The molecule has 144 valence electrons. The van der Waals surface area contributed by atoms with Crippen molar-refractivity contribution in [2.45, 2.75) is 19.5 Å². The number of benzene rings is 1. The number of alkyl halides is 2. The molecule has 0 aliphatic carbocycles. The standard InChI is InChI=1S/C17H16Cl2F2N4O2/c1-23(9-14-22-5-7-25(14)17(20)21)15(26)11-4-6-24(16(11)27)10-2-3-12(18)13(19)8-10/h2-3,5,7-8,11,17H,4,6,9H2,1H3. The topological polar surface area (TPSA) is 58.4 Å². The number of hydrogen-bond acceptors (Lipinski definition) is 3. The van der Waals surface area contributed by atoms with Crippen molar-refractivity contribution in [3.05, 3.63) is 46.5 Å². The summed E-state index contributed by atoms with van der Waals surface area (Å²) in [5, 5.41) is 0.682. The van der Waals surface area contributed by atoms with Gasteiger partial charge in [0, 0.05) is 31.7 Å². The molecule has 1 fully saturated rings. The van der Waals surface area contributed by atoms with Crippen LogP contribution in [0.3, 0.4) is 0 Å². The van der Waals surface area contributed by atoms with Gasteiger partial charge in [-0.15, -0.1) is 0 Å². The summed E-state index contributed by atoms with van der Waals surface area (Å²) in [6.45, 7) is -2.51. The second kappa shape index (κ2) is 7.82. The molecule has 1 aromatic carbocycles. The quantitative estimate of drug-likeness (QED) is 0.699. The Hall–Kier alpha value is -2.19. The van der Waals surface area contributed by atoms with Crippen molar-refractivity contribution in [2.24, 2.45) is 5.92 Å². The molecule has 1 unspecified atom stereocenters. The molecule has 6 nitrogen and oxygen atoms in total. The molecule has 2 amide bonds. The van der Waals surface area contributed by atoms with Gasteiger partial charge in [-0.3, -0.25) is 14.2 Å². The third-order valence-corrected chi connectivity index (χ3v) is 5.17. The molecule has 1 saturated heterocycles. The van der Waals surface area contributed by atoms with Gasteiger partial charge in [0.2, 0.25) is 11.8 Å². The molecule has 1 atom stereocenters. The van der Waals surface area contributed by atoms with E-state index in [-0.39, 0.29) is 18.3 Å². The molecule has 0 radical (unpaired) electrons. The van der Waals surface area contributed by atoms with Gasteiger partial charge in [0.15, 0.2) is 0 Å². The number of amides is 2. The molecule has 0 N–H and O–H groups in total. The second-order valence-corrected chi connectivity index (χ2v) is 6.97. The fraction of sp³-hybridized carbons (Fsp3) is 0.353. The number of halogens is 4. The number of carbonyl (C=O) groups excluding carboxylic acids is 2. The molecule has 1 aliphatic rings. The van der Waals surface area contributed by atoms with E-state index in [0.29, 0.717) is 33.3 Å². The maximum atomic E-state index is 12.9. The Morgan fingerprint density at radius 3 is 2.78 bits per heavy atom. The first-order chi connectivity index (χ1) is 12.8. The zero-order chi connectivity index (χ0) is 19.7. The van der Waals surface area contributed by atoms with Crippen molar-refractivity contribution in [3.63, 3.8) is 0 Å². The van der Waals surface area contributed by atoms with Crippen LogP contribution in [-0.4, -0.2) is 39.9 Å². The molecule has 2 aromatic rings. The lowest BCUT2D eigenvalue weighted by molar-refractivity contribution is -0.139. The van der Waals surface area contributed by atoms with Crippen molar-refractivity contribution in [2.75, 3.05) is 18.5 Å². The summed E-state index contributed by atoms with van der Waals surface area (Å²) in [7, 11) is 1.46. The van der Waals surface area contributed by atoms with E-state index in [1.54, 1.807) is 18.2 Å². The van der Waals surface area contributed by atoms with E-state index in [1.807, 2.05) is 0 Å². The van der Waals surface area contributed by atoms with E-state index in [9.17, 15) is 18.4 Å². The van der Waals surface area contributed by atoms with Crippen LogP contribution in [-0.2, 0) is 16.1 Å². The third-order valence-electron chi connectivity index (χ3n) is 4.43. The van der Waals surface area contributed by atoms with Gasteiger partial charge in [-0.25, -0.2) is 4.98 Å². The average Bonchev–Trinajstić information content (AvgIpc) is 3.23. The zero-order valence-corrected chi connectivity index (χ0v) is 15.8. The molecule has 1 aliphatic heterocycles. The smallest absolute Gasteiger partial charge is 0.319 e. The number of rotatable bonds is 5. The van der Waals surface area contributed by atoms with Crippen LogP contribution in [0.2, 0.25) is 10.0 Å². The fourth-order valence-electron chi connectivity index (χ4n) is 3.02. The number of anilines is 1. The van der Waals surface area contributed by atoms with Gasteiger partial charge >= 0.3 is 6.55 Å². The minimum atomic E-state index is -2.75. The predicted octanol–water partition coefficient (Wildman–Crippen LogP) is 3.60. The van der Waals surface area contributed by atoms with E-state index in [2.05, 4.69) is 4.98 Å². The summed E-state index contributed by atoms with van der Waals surface area (Å²) in [5.74, 6) is -1.62. The number of hydrogen-bond donors (Lipinski definition) is 0. The molecular weight excluding hydrogens is 401 g/mol. The Balaban J connectivity index is 1.71. The molecular formula is C17H16Cl2F2N4O2. The number of aromatic nitrogens is 2. The summed E-state index contributed by atoms with van der Waals surface area (Å²) in [4.78, 5) is 31.9. The molecule has 10 heteroatoms. The van der Waals surface area contributed by atoms with Crippen molar-refractivity contribution < 1.29 is 18.4 Å². The minimum Gasteiger partial charge on any atom is -0.338 e. The zero-order valence-electron chi connectivity index (χ0n) is 14.3. The van der Waals surface area contributed by atoms with Gasteiger partial charge in [-0.05, 0) is 24.6 Å². The van der Waals surface area contributed by atoms with Crippen molar-refractivity contribution in [3.8, 4) is 0 Å². The maximum Gasteiger partial charge on any atom is 0.319 e. The van der Waals surface area contributed by atoms with Crippen LogP contribution in [0, 0.1) is 5.92 Å².